The fourth-order valence-electron chi connectivity index (χ4n) is 6.93. The Morgan fingerprint density at radius 3 is 1.18 bits per heavy atom. The van der Waals surface area contributed by atoms with Gasteiger partial charge < -0.3 is 4.90 Å². The highest BCUT2D eigenvalue weighted by Crippen LogP contribution is 2.55. The number of aromatic nitrogens is 6. The molecule has 0 N–H and O–H groups in total. The van der Waals surface area contributed by atoms with E-state index in [1.807, 2.05) is 4.93 Å². The van der Waals surface area contributed by atoms with E-state index >= 15 is 0 Å². The molecule has 24 heteroatoms. The number of halogens is 15. The number of amides is 1. The molecule has 0 saturated heterocycles. The molecule has 0 atom stereocenters. The van der Waals surface area contributed by atoms with Crippen LogP contribution in [-0.4, -0.2) is 77.9 Å². The summed E-state index contributed by atoms with van der Waals surface area (Å²) < 4.78 is 189. The minimum atomic E-state index is -6.22. The Kier molecular flexibility index (Phi) is 17.5. The standard InChI is InChI=1S/C21H17F7N4O.C21H16F7N3O.CH3I.CH4/c1-12-8-15(19(22,20(23,24)25)21(26,27)28)9-13(2)17(12)31(3)18(33)14-4-6-16(7-5-14)32-11-29-10-30-32;1-12-7-15(19(22,20(23,24)25)21(26,27)28)8-13(2)17(12)9-18(32)14-3-5-16(6-4-14)31-11-29-10-30-31;1-2;/h4-11H,1-3H3;3-8,10-11H,9H2,1-2H3;1H3;1H4. The van der Waals surface area contributed by atoms with Crippen LogP contribution in [0.4, 0.5) is 67.2 Å². The molecular weight excluding hydrogens is 1050 g/mol. The topological polar surface area (TPSA) is 98.8 Å². The maximum Gasteiger partial charge on any atom is 0.435 e. The lowest BCUT2D eigenvalue weighted by molar-refractivity contribution is -0.349. The average Bonchev–Trinajstić information content (AvgIpc) is 3.99. The molecule has 0 aliphatic carbocycles. The van der Waals surface area contributed by atoms with E-state index in [0.717, 1.165) is 4.90 Å². The number of ketones is 1. The summed E-state index contributed by atoms with van der Waals surface area (Å²) in [7, 11) is 1.32. The van der Waals surface area contributed by atoms with Gasteiger partial charge in [-0.05, 0) is 109 Å². The van der Waals surface area contributed by atoms with Gasteiger partial charge in [-0.2, -0.15) is 62.9 Å². The van der Waals surface area contributed by atoms with E-state index in [0.29, 0.717) is 35.6 Å². The number of aryl methyl sites for hydroxylation is 4. The third-order valence-corrected chi connectivity index (χ3v) is 10.2. The molecule has 0 saturated carbocycles. The molecule has 0 spiro atoms. The Morgan fingerprint density at radius 2 is 0.868 bits per heavy atom. The van der Waals surface area contributed by atoms with Crippen molar-refractivity contribution in [3.05, 3.63) is 148 Å². The number of nitrogens with zero attached hydrogens (tertiary/aromatic N) is 7. The number of benzene rings is 4. The number of anilines is 1. The summed E-state index contributed by atoms with van der Waals surface area (Å²) in [4.78, 5) is 36.2. The van der Waals surface area contributed by atoms with Crippen molar-refractivity contribution in [3.63, 3.8) is 0 Å². The number of rotatable bonds is 9. The van der Waals surface area contributed by atoms with Gasteiger partial charge in [-0.25, -0.2) is 28.1 Å². The van der Waals surface area contributed by atoms with Crippen molar-refractivity contribution < 1.29 is 71.1 Å². The zero-order chi connectivity index (χ0) is 50.7. The Bertz CT molecular complexity index is 2570. The quantitative estimate of drug-likeness (QED) is 0.0619. The summed E-state index contributed by atoms with van der Waals surface area (Å²) in [5.41, 5.74) is -12.6. The van der Waals surface area contributed by atoms with Crippen LogP contribution in [0.5, 0.6) is 0 Å². The molecular formula is C44H40F14IN7O2. The van der Waals surface area contributed by atoms with Gasteiger partial charge in [0, 0.05) is 41.4 Å². The number of alkyl halides is 15. The summed E-state index contributed by atoms with van der Waals surface area (Å²) in [6.45, 7) is 4.88. The van der Waals surface area contributed by atoms with Crippen LogP contribution in [0.2, 0.25) is 0 Å². The van der Waals surface area contributed by atoms with Crippen LogP contribution < -0.4 is 4.90 Å². The molecule has 0 unspecified atom stereocenters. The van der Waals surface area contributed by atoms with Crippen LogP contribution in [-0.2, 0) is 17.8 Å². The lowest BCUT2D eigenvalue weighted by Gasteiger charge is -2.32. The molecule has 6 rings (SSSR count). The normalized spacial score (nSPS) is 12.2. The van der Waals surface area contributed by atoms with Crippen LogP contribution in [0.1, 0.15) is 67.1 Å². The molecule has 4 aromatic carbocycles. The van der Waals surface area contributed by atoms with Gasteiger partial charge in [0.05, 0.1) is 11.4 Å². The largest absolute Gasteiger partial charge is 0.435 e. The summed E-state index contributed by atoms with van der Waals surface area (Å²) >= 11 is 2.15. The van der Waals surface area contributed by atoms with Crippen molar-refractivity contribution in [1.82, 2.24) is 29.5 Å². The lowest BCUT2D eigenvalue weighted by Crippen LogP contribution is -2.50. The Labute approximate surface area is 393 Å². The number of hydrogen-bond donors (Lipinski definition) is 0. The van der Waals surface area contributed by atoms with Crippen LogP contribution in [0, 0.1) is 27.7 Å². The van der Waals surface area contributed by atoms with E-state index in [1.165, 1.54) is 93.7 Å². The molecule has 0 bridgehead atoms. The Balaban J connectivity index is 0.000000343. The summed E-state index contributed by atoms with van der Waals surface area (Å²) in [5.74, 6) is -0.982. The van der Waals surface area contributed by atoms with Gasteiger partial charge in [0.25, 0.3) is 5.91 Å². The first-order valence-corrected chi connectivity index (χ1v) is 21.1. The first-order valence-electron chi connectivity index (χ1n) is 18.9. The lowest BCUT2D eigenvalue weighted by atomic mass is 9.87. The number of carbonyl (C=O) groups excluding carboxylic acids is 2. The van der Waals surface area contributed by atoms with E-state index in [9.17, 15) is 71.1 Å². The van der Waals surface area contributed by atoms with Gasteiger partial charge >= 0.3 is 36.0 Å². The number of Topliss-reactive ketones (excluding diaryl/α,β-unsaturated/α-hetero) is 1. The second-order valence-electron chi connectivity index (χ2n) is 14.6. The summed E-state index contributed by atoms with van der Waals surface area (Å²) in [6, 6.07) is 14.3. The van der Waals surface area contributed by atoms with Crippen LogP contribution in [0.25, 0.3) is 11.4 Å². The van der Waals surface area contributed by atoms with E-state index in [4.69, 9.17) is 0 Å². The molecule has 0 fully saturated rings. The highest BCUT2D eigenvalue weighted by Gasteiger charge is 2.74. The van der Waals surface area contributed by atoms with E-state index in [1.54, 1.807) is 24.3 Å². The molecule has 0 aliphatic heterocycles. The fraction of sp³-hybridized carbons (Fsp3) is 0.318. The average molecular weight is 1090 g/mol. The van der Waals surface area contributed by atoms with E-state index in [-0.39, 0.29) is 58.5 Å². The zero-order valence-electron chi connectivity index (χ0n) is 35.6. The van der Waals surface area contributed by atoms with Crippen molar-refractivity contribution >= 4 is 40.0 Å². The Morgan fingerprint density at radius 1 is 0.544 bits per heavy atom. The molecule has 2 heterocycles. The predicted octanol–water partition coefficient (Wildman–Crippen LogP) is 12.7. The molecule has 68 heavy (non-hydrogen) atoms. The molecule has 0 aliphatic rings. The molecule has 368 valence electrons. The molecule has 9 nitrogen and oxygen atoms in total. The second kappa shape index (κ2) is 21.1. The molecule has 6 aromatic rings. The molecule has 2 aromatic heterocycles. The summed E-state index contributed by atoms with van der Waals surface area (Å²) in [6.07, 6.45) is -19.6. The zero-order valence-corrected chi connectivity index (χ0v) is 37.7. The third-order valence-electron chi connectivity index (χ3n) is 10.2. The molecule has 1 amide bonds. The number of carbonyl (C=O) groups is 2. The van der Waals surface area contributed by atoms with Gasteiger partial charge in [-0.1, -0.05) is 54.3 Å². The van der Waals surface area contributed by atoms with Crippen molar-refractivity contribution in [2.45, 2.75) is 77.6 Å². The monoisotopic (exact) mass is 1090 g/mol. The first kappa shape index (κ1) is 56.4. The van der Waals surface area contributed by atoms with E-state index < -0.39 is 58.9 Å². The summed E-state index contributed by atoms with van der Waals surface area (Å²) in [5, 5.41) is 7.89. The minimum absolute atomic E-state index is 0. The van der Waals surface area contributed by atoms with E-state index in [2.05, 4.69) is 42.8 Å². The van der Waals surface area contributed by atoms with Crippen molar-refractivity contribution in [2.24, 2.45) is 0 Å². The van der Waals surface area contributed by atoms with Gasteiger partial charge in [0.1, 0.15) is 25.3 Å². The van der Waals surface area contributed by atoms with Gasteiger partial charge in [0.2, 0.25) is 0 Å². The van der Waals surface area contributed by atoms with Crippen LogP contribution in [0.3, 0.4) is 0 Å². The SMILES string of the molecule is C.CI.Cc1cc(C(F)(C(F)(F)F)C(F)(F)F)cc(C)c1CC(=O)c1ccc(-n2cncn2)cc1.Cc1cc(C(F)(C(F)(F)F)C(F)(F)F)cc(C)c1N(C)C(=O)c1ccc(-n2cncn2)cc1. The van der Waals surface area contributed by atoms with Crippen molar-refractivity contribution in [3.8, 4) is 11.4 Å². The Hall–Kier alpha value is -5.95. The first-order chi connectivity index (χ1) is 30.9. The van der Waals surface area contributed by atoms with Gasteiger partial charge in [0.15, 0.2) is 5.78 Å². The smallest absolute Gasteiger partial charge is 0.311 e. The van der Waals surface area contributed by atoms with Gasteiger partial charge in [-0.15, -0.1) is 0 Å². The maximum absolute atomic E-state index is 14.5. The van der Waals surface area contributed by atoms with Gasteiger partial charge in [-0.3, -0.25) is 9.59 Å². The second-order valence-corrected chi connectivity index (χ2v) is 14.6. The highest BCUT2D eigenvalue weighted by molar-refractivity contribution is 14.1. The molecule has 0 radical (unpaired) electrons. The van der Waals surface area contributed by atoms with Crippen LogP contribution in [0.15, 0.2) is 98.1 Å². The van der Waals surface area contributed by atoms with Crippen molar-refractivity contribution in [2.75, 3.05) is 16.9 Å². The number of hydrogen-bond acceptors (Lipinski definition) is 6. The highest BCUT2D eigenvalue weighted by atomic mass is 127. The maximum atomic E-state index is 14.5. The fourth-order valence-corrected chi connectivity index (χ4v) is 6.93. The van der Waals surface area contributed by atoms with Crippen molar-refractivity contribution in [1.29, 1.82) is 0 Å². The predicted molar refractivity (Wildman–Crippen MR) is 232 cm³/mol. The minimum Gasteiger partial charge on any atom is -0.311 e. The van der Waals surface area contributed by atoms with Crippen LogP contribution >= 0.6 is 22.6 Å². The third kappa shape index (κ3) is 11.3.